The quantitative estimate of drug-likeness (QED) is 0.238. The SMILES string of the molecule is CCCNC(=O)CCNC(=NC)NCc1ccc(F)cc1C(F)(F)F.I. The first-order chi connectivity index (χ1) is 11.8. The summed E-state index contributed by atoms with van der Waals surface area (Å²) in [5.74, 6) is -0.819. The summed E-state index contributed by atoms with van der Waals surface area (Å²) < 4.78 is 51.9. The molecule has 1 rings (SSSR count). The fourth-order valence-corrected chi connectivity index (χ4v) is 2.01. The van der Waals surface area contributed by atoms with Crippen molar-refractivity contribution in [2.45, 2.75) is 32.5 Å². The van der Waals surface area contributed by atoms with E-state index in [0.29, 0.717) is 12.6 Å². The maximum absolute atomic E-state index is 13.1. The minimum absolute atomic E-state index is 0. The number of amides is 1. The highest BCUT2D eigenvalue weighted by atomic mass is 127. The summed E-state index contributed by atoms with van der Waals surface area (Å²) in [7, 11) is 1.46. The van der Waals surface area contributed by atoms with Gasteiger partial charge in [-0.2, -0.15) is 13.2 Å². The van der Waals surface area contributed by atoms with Crippen LogP contribution in [0.1, 0.15) is 30.9 Å². The summed E-state index contributed by atoms with van der Waals surface area (Å²) in [4.78, 5) is 15.3. The Bertz CT molecular complexity index is 608. The van der Waals surface area contributed by atoms with E-state index in [1.165, 1.54) is 7.05 Å². The largest absolute Gasteiger partial charge is 0.416 e. The Balaban J connectivity index is 0.00000625. The standard InChI is InChI=1S/C16H22F4N4O.HI/c1-3-7-22-14(25)6-8-23-15(21-2)24-10-11-4-5-12(17)9-13(11)16(18,19)20;/h4-5,9H,3,6-8,10H2,1-2H3,(H,22,25)(H2,21,23,24);1H. The number of rotatable bonds is 7. The molecule has 1 aromatic carbocycles. The first-order valence-corrected chi connectivity index (χ1v) is 7.84. The van der Waals surface area contributed by atoms with E-state index >= 15 is 0 Å². The minimum Gasteiger partial charge on any atom is -0.356 e. The molecule has 1 amide bonds. The molecule has 0 unspecified atom stereocenters. The molecule has 148 valence electrons. The molecule has 0 fully saturated rings. The third-order valence-corrected chi connectivity index (χ3v) is 3.26. The smallest absolute Gasteiger partial charge is 0.356 e. The van der Waals surface area contributed by atoms with Gasteiger partial charge < -0.3 is 16.0 Å². The Labute approximate surface area is 167 Å². The molecule has 0 atom stereocenters. The van der Waals surface area contributed by atoms with Crippen LogP contribution in [-0.4, -0.2) is 32.0 Å². The average molecular weight is 490 g/mol. The molecule has 0 saturated carbocycles. The van der Waals surface area contributed by atoms with Gasteiger partial charge in [-0.05, 0) is 24.1 Å². The number of carbonyl (C=O) groups excluding carboxylic acids is 1. The van der Waals surface area contributed by atoms with Crippen LogP contribution in [0.25, 0.3) is 0 Å². The van der Waals surface area contributed by atoms with Gasteiger partial charge in [-0.3, -0.25) is 9.79 Å². The van der Waals surface area contributed by atoms with E-state index in [0.717, 1.165) is 18.6 Å². The topological polar surface area (TPSA) is 65.5 Å². The normalized spacial score (nSPS) is 11.5. The second kappa shape index (κ2) is 11.9. The van der Waals surface area contributed by atoms with Gasteiger partial charge in [-0.25, -0.2) is 4.39 Å². The molecule has 0 radical (unpaired) electrons. The van der Waals surface area contributed by atoms with Crippen molar-refractivity contribution in [1.29, 1.82) is 0 Å². The van der Waals surface area contributed by atoms with Crippen molar-refractivity contribution in [3.63, 3.8) is 0 Å². The van der Waals surface area contributed by atoms with Crippen LogP contribution in [0.15, 0.2) is 23.2 Å². The molecule has 0 aliphatic heterocycles. The van der Waals surface area contributed by atoms with E-state index in [4.69, 9.17) is 0 Å². The highest BCUT2D eigenvalue weighted by molar-refractivity contribution is 14.0. The number of hydrogen-bond acceptors (Lipinski definition) is 2. The third kappa shape index (κ3) is 8.68. The van der Waals surface area contributed by atoms with Crippen LogP contribution in [0.5, 0.6) is 0 Å². The monoisotopic (exact) mass is 490 g/mol. The minimum atomic E-state index is -4.65. The molecule has 1 aromatic rings. The number of aliphatic imine (C=N–C) groups is 1. The van der Waals surface area contributed by atoms with E-state index in [9.17, 15) is 22.4 Å². The number of hydrogen-bond donors (Lipinski definition) is 3. The van der Waals surface area contributed by atoms with Gasteiger partial charge in [0.2, 0.25) is 5.91 Å². The number of alkyl halides is 3. The first kappa shape index (κ1) is 24.4. The molecule has 3 N–H and O–H groups in total. The molecule has 0 aromatic heterocycles. The molecular weight excluding hydrogens is 467 g/mol. The molecule has 0 heterocycles. The number of carbonyl (C=O) groups is 1. The van der Waals surface area contributed by atoms with Crippen molar-refractivity contribution in [2.24, 2.45) is 4.99 Å². The summed E-state index contributed by atoms with van der Waals surface area (Å²) in [5.41, 5.74) is -1.13. The molecule has 0 saturated heterocycles. The number of benzene rings is 1. The Hall–Kier alpha value is -1.59. The van der Waals surface area contributed by atoms with Gasteiger partial charge in [0.05, 0.1) is 5.56 Å². The zero-order chi connectivity index (χ0) is 18.9. The Morgan fingerprint density at radius 3 is 2.42 bits per heavy atom. The summed E-state index contributed by atoms with van der Waals surface area (Å²) in [6.45, 7) is 2.63. The van der Waals surface area contributed by atoms with E-state index in [1.807, 2.05) is 6.92 Å². The average Bonchev–Trinajstić information content (AvgIpc) is 2.56. The number of guanidine groups is 1. The lowest BCUT2D eigenvalue weighted by Crippen LogP contribution is -2.39. The highest BCUT2D eigenvalue weighted by Gasteiger charge is 2.33. The van der Waals surface area contributed by atoms with Gasteiger partial charge >= 0.3 is 6.18 Å². The van der Waals surface area contributed by atoms with Gasteiger partial charge in [-0.1, -0.05) is 13.0 Å². The van der Waals surface area contributed by atoms with Crippen LogP contribution in [-0.2, 0) is 17.5 Å². The van der Waals surface area contributed by atoms with Crippen LogP contribution in [0, 0.1) is 5.82 Å². The molecule has 10 heteroatoms. The first-order valence-electron chi connectivity index (χ1n) is 7.84. The van der Waals surface area contributed by atoms with Crippen LogP contribution >= 0.6 is 24.0 Å². The van der Waals surface area contributed by atoms with Crippen LogP contribution in [0.4, 0.5) is 17.6 Å². The maximum atomic E-state index is 13.1. The Morgan fingerprint density at radius 1 is 1.15 bits per heavy atom. The summed E-state index contributed by atoms with van der Waals surface area (Å²) in [5, 5.41) is 8.27. The molecule has 0 bridgehead atoms. The lowest BCUT2D eigenvalue weighted by molar-refractivity contribution is -0.138. The Kier molecular flexibility index (Phi) is 11.2. The van der Waals surface area contributed by atoms with Crippen molar-refractivity contribution in [2.75, 3.05) is 20.1 Å². The fraction of sp³-hybridized carbons (Fsp3) is 0.500. The van der Waals surface area contributed by atoms with E-state index in [1.54, 1.807) is 0 Å². The second-order valence-corrected chi connectivity index (χ2v) is 5.25. The molecule has 5 nitrogen and oxygen atoms in total. The molecule has 0 aliphatic carbocycles. The molecule has 0 spiro atoms. The van der Waals surface area contributed by atoms with Gasteiger partial charge in [0.15, 0.2) is 5.96 Å². The van der Waals surface area contributed by atoms with Crippen molar-refractivity contribution < 1.29 is 22.4 Å². The molecular formula is C16H23F4IN4O. The van der Waals surface area contributed by atoms with Crippen molar-refractivity contribution in [1.82, 2.24) is 16.0 Å². The maximum Gasteiger partial charge on any atom is 0.416 e. The van der Waals surface area contributed by atoms with E-state index in [-0.39, 0.29) is 60.9 Å². The van der Waals surface area contributed by atoms with Crippen molar-refractivity contribution >= 4 is 35.8 Å². The van der Waals surface area contributed by atoms with Gasteiger partial charge in [0.1, 0.15) is 5.82 Å². The second-order valence-electron chi connectivity index (χ2n) is 5.25. The molecule has 26 heavy (non-hydrogen) atoms. The lowest BCUT2D eigenvalue weighted by Gasteiger charge is -2.16. The lowest BCUT2D eigenvalue weighted by atomic mass is 10.1. The fourth-order valence-electron chi connectivity index (χ4n) is 2.01. The van der Waals surface area contributed by atoms with Crippen molar-refractivity contribution in [3.05, 3.63) is 35.1 Å². The predicted octanol–water partition coefficient (Wildman–Crippen LogP) is 3.04. The highest BCUT2D eigenvalue weighted by Crippen LogP contribution is 2.32. The summed E-state index contributed by atoms with van der Waals surface area (Å²) >= 11 is 0. The van der Waals surface area contributed by atoms with E-state index in [2.05, 4.69) is 20.9 Å². The van der Waals surface area contributed by atoms with Gasteiger partial charge in [-0.15, -0.1) is 24.0 Å². The number of nitrogens with zero attached hydrogens (tertiary/aromatic N) is 1. The number of halogens is 5. The van der Waals surface area contributed by atoms with Gasteiger partial charge in [0, 0.05) is 33.1 Å². The predicted molar refractivity (Wildman–Crippen MR) is 103 cm³/mol. The molecule has 0 aliphatic rings. The van der Waals surface area contributed by atoms with Gasteiger partial charge in [0.25, 0.3) is 0 Å². The summed E-state index contributed by atoms with van der Waals surface area (Å²) in [6, 6.07) is 2.52. The summed E-state index contributed by atoms with van der Waals surface area (Å²) in [6.07, 6.45) is -3.60. The zero-order valence-corrected chi connectivity index (χ0v) is 16.9. The zero-order valence-electron chi connectivity index (χ0n) is 14.5. The van der Waals surface area contributed by atoms with Crippen molar-refractivity contribution in [3.8, 4) is 0 Å². The Morgan fingerprint density at radius 2 is 1.85 bits per heavy atom. The van der Waals surface area contributed by atoms with Crippen LogP contribution in [0.2, 0.25) is 0 Å². The van der Waals surface area contributed by atoms with E-state index < -0.39 is 17.6 Å². The van der Waals surface area contributed by atoms with Crippen LogP contribution < -0.4 is 16.0 Å². The number of nitrogens with one attached hydrogen (secondary N) is 3. The van der Waals surface area contributed by atoms with Crippen LogP contribution in [0.3, 0.4) is 0 Å². The third-order valence-electron chi connectivity index (χ3n) is 3.26.